The van der Waals surface area contributed by atoms with Gasteiger partial charge in [-0.1, -0.05) is 19.1 Å². The number of amides is 1. The zero-order chi connectivity index (χ0) is 21.1. The number of carbonyl (C=O) groups is 1. The molecule has 2 rings (SSSR count). The van der Waals surface area contributed by atoms with Gasteiger partial charge < -0.3 is 24.7 Å². The Morgan fingerprint density at radius 3 is 2.52 bits per heavy atom. The van der Waals surface area contributed by atoms with Crippen LogP contribution in [0.25, 0.3) is 0 Å². The third-order valence-electron chi connectivity index (χ3n) is 4.67. The molecular formula is C22H32N4O3. The van der Waals surface area contributed by atoms with Gasteiger partial charge in [-0.05, 0) is 42.2 Å². The first kappa shape index (κ1) is 22.3. The first-order valence-electron chi connectivity index (χ1n) is 9.88. The highest BCUT2D eigenvalue weighted by Gasteiger charge is 2.08. The van der Waals surface area contributed by atoms with E-state index in [1.54, 1.807) is 27.5 Å². The fourth-order valence-electron chi connectivity index (χ4n) is 2.73. The molecule has 0 spiro atoms. The molecule has 158 valence electrons. The predicted octanol–water partition coefficient (Wildman–Crippen LogP) is 2.65. The number of hydrogen-bond acceptors (Lipinski definition) is 4. The van der Waals surface area contributed by atoms with Crippen LogP contribution in [0.1, 0.15) is 30.6 Å². The molecule has 2 N–H and O–H groups in total. The highest BCUT2D eigenvalue weighted by molar-refractivity contribution is 5.84. The van der Waals surface area contributed by atoms with Crippen LogP contribution in [0.2, 0.25) is 0 Å². The van der Waals surface area contributed by atoms with E-state index in [-0.39, 0.29) is 12.5 Å². The van der Waals surface area contributed by atoms with Crippen molar-refractivity contribution in [3.8, 4) is 5.75 Å². The van der Waals surface area contributed by atoms with Crippen LogP contribution in [0.4, 0.5) is 0 Å². The Morgan fingerprint density at radius 1 is 1.17 bits per heavy atom. The molecule has 0 saturated carbocycles. The van der Waals surface area contributed by atoms with Crippen LogP contribution in [-0.2, 0) is 11.2 Å². The van der Waals surface area contributed by atoms with Gasteiger partial charge in [-0.3, -0.25) is 4.79 Å². The summed E-state index contributed by atoms with van der Waals surface area (Å²) in [7, 11) is 5.13. The minimum atomic E-state index is -0.0382. The van der Waals surface area contributed by atoms with Gasteiger partial charge >= 0.3 is 0 Å². The molecular weight excluding hydrogens is 368 g/mol. The first-order valence-corrected chi connectivity index (χ1v) is 9.88. The molecule has 7 nitrogen and oxygen atoms in total. The molecule has 1 atom stereocenters. The van der Waals surface area contributed by atoms with E-state index < -0.39 is 0 Å². The van der Waals surface area contributed by atoms with Crippen molar-refractivity contribution in [2.45, 2.75) is 25.7 Å². The molecule has 0 aliphatic rings. The fraction of sp³-hybridized carbons (Fsp3) is 0.455. The van der Waals surface area contributed by atoms with Crippen LogP contribution in [-0.4, -0.2) is 57.6 Å². The molecule has 2 aromatic rings. The maximum Gasteiger partial charge on any atom is 0.243 e. The summed E-state index contributed by atoms with van der Waals surface area (Å²) in [5, 5.41) is 6.60. The molecule has 0 radical (unpaired) electrons. The average molecular weight is 401 g/mol. The van der Waals surface area contributed by atoms with Crippen molar-refractivity contribution in [3.05, 3.63) is 54.0 Å². The van der Waals surface area contributed by atoms with E-state index in [1.807, 2.05) is 24.3 Å². The number of guanidine groups is 1. The Kier molecular flexibility index (Phi) is 9.08. The van der Waals surface area contributed by atoms with E-state index >= 15 is 0 Å². The SMILES string of the molecule is COc1ccc(C(C)CCNC(=NCC(=O)N(C)C)NCCc2ccco2)cc1. The van der Waals surface area contributed by atoms with Gasteiger partial charge in [0.2, 0.25) is 5.91 Å². The summed E-state index contributed by atoms with van der Waals surface area (Å²) in [5.41, 5.74) is 1.26. The Bertz CT molecular complexity index is 755. The zero-order valence-corrected chi connectivity index (χ0v) is 17.8. The molecule has 0 saturated heterocycles. The standard InChI is InChI=1S/C22H32N4O3/c1-17(18-7-9-19(28-4)10-8-18)11-13-23-22(25-16-21(27)26(2)3)24-14-12-20-6-5-15-29-20/h5-10,15,17H,11-14,16H2,1-4H3,(H2,23,24,25). The van der Waals surface area contributed by atoms with Gasteiger partial charge in [-0.25, -0.2) is 4.99 Å². The molecule has 1 aromatic heterocycles. The van der Waals surface area contributed by atoms with E-state index in [4.69, 9.17) is 9.15 Å². The highest BCUT2D eigenvalue weighted by Crippen LogP contribution is 2.21. The van der Waals surface area contributed by atoms with Gasteiger partial charge in [0.1, 0.15) is 18.1 Å². The van der Waals surface area contributed by atoms with Crippen LogP contribution in [0.3, 0.4) is 0 Å². The van der Waals surface area contributed by atoms with E-state index in [0.29, 0.717) is 18.4 Å². The number of aliphatic imine (C=N–C) groups is 1. The summed E-state index contributed by atoms with van der Waals surface area (Å²) < 4.78 is 10.6. The quantitative estimate of drug-likeness (QED) is 0.473. The third kappa shape index (κ3) is 7.89. The smallest absolute Gasteiger partial charge is 0.243 e. The summed E-state index contributed by atoms with van der Waals surface area (Å²) in [6.07, 6.45) is 3.35. The van der Waals surface area contributed by atoms with E-state index in [2.05, 4.69) is 34.7 Å². The largest absolute Gasteiger partial charge is 0.497 e. The number of rotatable bonds is 10. The molecule has 0 bridgehead atoms. The molecule has 0 fully saturated rings. The zero-order valence-electron chi connectivity index (χ0n) is 17.8. The second-order valence-corrected chi connectivity index (χ2v) is 7.10. The molecule has 1 heterocycles. The summed E-state index contributed by atoms with van der Waals surface area (Å²) in [5.74, 6) is 2.76. The average Bonchev–Trinajstić information content (AvgIpc) is 3.24. The first-order chi connectivity index (χ1) is 14.0. The van der Waals surface area contributed by atoms with E-state index in [9.17, 15) is 4.79 Å². The van der Waals surface area contributed by atoms with Crippen LogP contribution in [0.5, 0.6) is 5.75 Å². The van der Waals surface area contributed by atoms with Crippen LogP contribution >= 0.6 is 0 Å². The van der Waals surface area contributed by atoms with Crippen LogP contribution in [0, 0.1) is 0 Å². The van der Waals surface area contributed by atoms with E-state index in [1.165, 1.54) is 10.5 Å². The highest BCUT2D eigenvalue weighted by atomic mass is 16.5. The number of likely N-dealkylation sites (N-methyl/N-ethyl adjacent to an activating group) is 1. The molecule has 1 aromatic carbocycles. The lowest BCUT2D eigenvalue weighted by Gasteiger charge is -2.16. The number of nitrogens with zero attached hydrogens (tertiary/aromatic N) is 2. The minimum Gasteiger partial charge on any atom is -0.497 e. The van der Waals surface area contributed by atoms with Gasteiger partial charge in [0, 0.05) is 33.6 Å². The lowest BCUT2D eigenvalue weighted by molar-refractivity contribution is -0.127. The second kappa shape index (κ2) is 11.8. The van der Waals surface area contributed by atoms with Gasteiger partial charge in [0.05, 0.1) is 13.4 Å². The van der Waals surface area contributed by atoms with Gasteiger partial charge in [-0.2, -0.15) is 0 Å². The summed E-state index contributed by atoms with van der Waals surface area (Å²) in [4.78, 5) is 17.8. The molecule has 7 heteroatoms. The fourth-order valence-corrected chi connectivity index (χ4v) is 2.73. The van der Waals surface area contributed by atoms with Crippen molar-refractivity contribution >= 4 is 11.9 Å². The Morgan fingerprint density at radius 2 is 1.90 bits per heavy atom. The minimum absolute atomic E-state index is 0.0382. The van der Waals surface area contributed by atoms with Crippen molar-refractivity contribution in [1.82, 2.24) is 15.5 Å². The van der Waals surface area contributed by atoms with Crippen molar-refractivity contribution in [1.29, 1.82) is 0 Å². The Balaban J connectivity index is 1.85. The number of ether oxygens (including phenoxy) is 1. The van der Waals surface area contributed by atoms with Gasteiger partial charge in [0.15, 0.2) is 5.96 Å². The summed E-state index contributed by atoms with van der Waals surface area (Å²) in [6, 6.07) is 12.0. The van der Waals surface area contributed by atoms with Crippen molar-refractivity contribution in [2.24, 2.45) is 4.99 Å². The molecule has 0 aliphatic carbocycles. The number of hydrogen-bond donors (Lipinski definition) is 2. The third-order valence-corrected chi connectivity index (χ3v) is 4.67. The number of benzene rings is 1. The number of furan rings is 1. The number of carbonyl (C=O) groups excluding carboxylic acids is 1. The summed E-state index contributed by atoms with van der Waals surface area (Å²) in [6.45, 7) is 3.72. The van der Waals surface area contributed by atoms with Crippen molar-refractivity contribution < 1.29 is 13.9 Å². The monoisotopic (exact) mass is 400 g/mol. The second-order valence-electron chi connectivity index (χ2n) is 7.10. The number of nitrogens with one attached hydrogen (secondary N) is 2. The Hall–Kier alpha value is -2.96. The van der Waals surface area contributed by atoms with E-state index in [0.717, 1.165) is 30.9 Å². The lowest BCUT2D eigenvalue weighted by Crippen LogP contribution is -2.40. The maximum atomic E-state index is 11.9. The van der Waals surface area contributed by atoms with Crippen LogP contribution in [0.15, 0.2) is 52.1 Å². The summed E-state index contributed by atoms with van der Waals surface area (Å²) >= 11 is 0. The molecule has 0 aliphatic heterocycles. The van der Waals surface area contributed by atoms with Gasteiger partial charge in [0.25, 0.3) is 0 Å². The lowest BCUT2D eigenvalue weighted by atomic mass is 9.98. The molecule has 29 heavy (non-hydrogen) atoms. The molecule has 1 unspecified atom stereocenters. The van der Waals surface area contributed by atoms with Crippen molar-refractivity contribution in [3.63, 3.8) is 0 Å². The number of methoxy groups -OCH3 is 1. The topological polar surface area (TPSA) is 79.1 Å². The van der Waals surface area contributed by atoms with Crippen molar-refractivity contribution in [2.75, 3.05) is 40.8 Å². The normalized spacial score (nSPS) is 12.3. The maximum absolute atomic E-state index is 11.9. The van der Waals surface area contributed by atoms with Crippen LogP contribution < -0.4 is 15.4 Å². The Labute approximate surface area is 173 Å². The van der Waals surface area contributed by atoms with Gasteiger partial charge in [-0.15, -0.1) is 0 Å². The predicted molar refractivity (Wildman–Crippen MR) is 115 cm³/mol. The molecule has 1 amide bonds.